The number of hydrogen-bond acceptors (Lipinski definition) is 5. The highest BCUT2D eigenvalue weighted by atomic mass is 35.5. The highest BCUT2D eigenvalue weighted by Crippen LogP contribution is 2.36. The third-order valence-electron chi connectivity index (χ3n) is 3.59. The van der Waals surface area contributed by atoms with Crippen LogP contribution in [0.1, 0.15) is 25.3 Å². The Morgan fingerprint density at radius 1 is 1.47 bits per heavy atom. The monoisotopic (exact) mass is 280 g/mol. The van der Waals surface area contributed by atoms with Crippen molar-refractivity contribution in [2.24, 2.45) is 5.92 Å². The van der Waals surface area contributed by atoms with Crippen LogP contribution in [0.2, 0.25) is 5.28 Å². The van der Waals surface area contributed by atoms with Crippen LogP contribution >= 0.6 is 11.6 Å². The summed E-state index contributed by atoms with van der Waals surface area (Å²) in [5, 5.41) is 5.40. The van der Waals surface area contributed by atoms with Gasteiger partial charge in [-0.05, 0) is 30.9 Å². The van der Waals surface area contributed by atoms with Gasteiger partial charge in [0.05, 0.1) is 30.7 Å². The van der Waals surface area contributed by atoms with Crippen molar-refractivity contribution in [1.82, 2.24) is 19.7 Å². The van der Waals surface area contributed by atoms with Gasteiger partial charge in [0.1, 0.15) is 0 Å². The first-order chi connectivity index (χ1) is 9.19. The molecule has 19 heavy (non-hydrogen) atoms. The standard InChI is InChI=1S/C12H13ClN4O2/c1-19-11(18)7-2-3-9(4-7)17-10-8(6-15-17)5-14-12(13)16-10/h5-7,9H,2-4H2,1H3/t7-,9-/m0/s1. The minimum Gasteiger partial charge on any atom is -0.469 e. The fourth-order valence-electron chi connectivity index (χ4n) is 2.64. The maximum atomic E-state index is 11.5. The van der Waals surface area contributed by atoms with Crippen LogP contribution in [0.25, 0.3) is 11.0 Å². The number of fused-ring (bicyclic) bond motifs is 1. The van der Waals surface area contributed by atoms with E-state index in [4.69, 9.17) is 16.3 Å². The van der Waals surface area contributed by atoms with Gasteiger partial charge in [-0.3, -0.25) is 4.79 Å². The lowest BCUT2D eigenvalue weighted by Gasteiger charge is -2.11. The molecule has 6 nitrogen and oxygen atoms in total. The highest BCUT2D eigenvalue weighted by Gasteiger charge is 2.32. The van der Waals surface area contributed by atoms with Crippen LogP contribution in [0, 0.1) is 5.92 Å². The van der Waals surface area contributed by atoms with Gasteiger partial charge in [-0.25, -0.2) is 9.67 Å². The van der Waals surface area contributed by atoms with Crippen molar-refractivity contribution in [2.45, 2.75) is 25.3 Å². The molecule has 7 heteroatoms. The van der Waals surface area contributed by atoms with Gasteiger partial charge in [-0.1, -0.05) is 0 Å². The van der Waals surface area contributed by atoms with Crippen molar-refractivity contribution in [3.63, 3.8) is 0 Å². The molecule has 0 aliphatic heterocycles. The highest BCUT2D eigenvalue weighted by molar-refractivity contribution is 6.28. The lowest BCUT2D eigenvalue weighted by molar-refractivity contribution is -0.145. The molecule has 1 saturated carbocycles. The van der Waals surface area contributed by atoms with Crippen molar-refractivity contribution in [2.75, 3.05) is 7.11 Å². The predicted octanol–water partition coefficient (Wildman–Crippen LogP) is 1.99. The van der Waals surface area contributed by atoms with Gasteiger partial charge in [0.2, 0.25) is 5.28 Å². The smallest absolute Gasteiger partial charge is 0.308 e. The van der Waals surface area contributed by atoms with Crippen molar-refractivity contribution in [3.05, 3.63) is 17.7 Å². The number of aromatic nitrogens is 4. The molecule has 1 aliphatic rings. The maximum Gasteiger partial charge on any atom is 0.308 e. The Labute approximate surface area is 114 Å². The van der Waals surface area contributed by atoms with Crippen LogP contribution < -0.4 is 0 Å². The van der Waals surface area contributed by atoms with E-state index >= 15 is 0 Å². The van der Waals surface area contributed by atoms with E-state index in [1.54, 1.807) is 12.4 Å². The number of rotatable bonds is 2. The fourth-order valence-corrected chi connectivity index (χ4v) is 2.77. The predicted molar refractivity (Wildman–Crippen MR) is 68.7 cm³/mol. The molecular weight excluding hydrogens is 268 g/mol. The van der Waals surface area contributed by atoms with E-state index in [1.165, 1.54) is 7.11 Å². The molecule has 100 valence electrons. The Balaban J connectivity index is 1.89. The summed E-state index contributed by atoms with van der Waals surface area (Å²) in [5.74, 6) is -0.196. The first kappa shape index (κ1) is 12.3. The molecule has 0 radical (unpaired) electrons. The van der Waals surface area contributed by atoms with Crippen molar-refractivity contribution >= 4 is 28.6 Å². The number of carbonyl (C=O) groups excluding carboxylic acids is 1. The molecule has 0 unspecified atom stereocenters. The van der Waals surface area contributed by atoms with Crippen molar-refractivity contribution in [1.29, 1.82) is 0 Å². The third-order valence-corrected chi connectivity index (χ3v) is 3.77. The first-order valence-electron chi connectivity index (χ1n) is 6.12. The van der Waals surface area contributed by atoms with Gasteiger partial charge >= 0.3 is 5.97 Å². The Morgan fingerprint density at radius 2 is 2.32 bits per heavy atom. The number of carbonyl (C=O) groups is 1. The zero-order valence-corrected chi connectivity index (χ0v) is 11.2. The van der Waals surface area contributed by atoms with E-state index in [1.807, 2.05) is 4.68 Å². The Hall–Kier alpha value is -1.69. The topological polar surface area (TPSA) is 69.9 Å². The Bertz CT molecular complexity index is 627. The van der Waals surface area contributed by atoms with Gasteiger partial charge in [0.25, 0.3) is 0 Å². The number of nitrogens with zero attached hydrogens (tertiary/aromatic N) is 4. The average Bonchev–Trinajstić information content (AvgIpc) is 3.03. The van der Waals surface area contributed by atoms with E-state index in [0.717, 1.165) is 30.3 Å². The van der Waals surface area contributed by atoms with Gasteiger partial charge < -0.3 is 4.74 Å². The lowest BCUT2D eigenvalue weighted by atomic mass is 10.1. The molecule has 3 rings (SSSR count). The minimum atomic E-state index is -0.147. The minimum absolute atomic E-state index is 0.0495. The summed E-state index contributed by atoms with van der Waals surface area (Å²) in [6.07, 6.45) is 5.80. The maximum absolute atomic E-state index is 11.5. The van der Waals surface area contributed by atoms with Crippen LogP contribution in [0.15, 0.2) is 12.4 Å². The Morgan fingerprint density at radius 3 is 3.11 bits per heavy atom. The molecule has 1 aliphatic carbocycles. The zero-order chi connectivity index (χ0) is 13.4. The second-order valence-electron chi connectivity index (χ2n) is 4.69. The molecule has 1 fully saturated rings. The molecule has 2 aromatic rings. The second kappa shape index (κ2) is 4.77. The molecule has 0 amide bonds. The number of ether oxygens (including phenoxy) is 1. The largest absolute Gasteiger partial charge is 0.469 e. The summed E-state index contributed by atoms with van der Waals surface area (Å²) >= 11 is 5.82. The van der Waals surface area contributed by atoms with Crippen molar-refractivity contribution in [3.8, 4) is 0 Å². The molecule has 2 atom stereocenters. The fraction of sp³-hybridized carbons (Fsp3) is 0.500. The molecule has 2 aromatic heterocycles. The van der Waals surface area contributed by atoms with Crippen LogP contribution in [-0.2, 0) is 9.53 Å². The summed E-state index contributed by atoms with van der Waals surface area (Å²) in [7, 11) is 1.42. The normalized spacial score (nSPS) is 22.8. The molecule has 0 aromatic carbocycles. The number of esters is 1. The summed E-state index contributed by atoms with van der Waals surface area (Å²) in [6, 6.07) is 0.160. The van der Waals surface area contributed by atoms with Gasteiger partial charge in [0.15, 0.2) is 5.65 Å². The summed E-state index contributed by atoms with van der Waals surface area (Å²) in [6.45, 7) is 0. The van der Waals surface area contributed by atoms with Crippen LogP contribution in [0.4, 0.5) is 0 Å². The Kier molecular flexibility index (Phi) is 3.10. The number of methoxy groups -OCH3 is 1. The zero-order valence-electron chi connectivity index (χ0n) is 10.4. The van der Waals surface area contributed by atoms with E-state index in [-0.39, 0.29) is 23.2 Å². The van der Waals surface area contributed by atoms with Crippen LogP contribution in [0.5, 0.6) is 0 Å². The van der Waals surface area contributed by atoms with Crippen LogP contribution in [-0.4, -0.2) is 32.8 Å². The second-order valence-corrected chi connectivity index (χ2v) is 5.03. The first-order valence-corrected chi connectivity index (χ1v) is 6.50. The molecule has 0 N–H and O–H groups in total. The van der Waals surface area contributed by atoms with Crippen molar-refractivity contribution < 1.29 is 9.53 Å². The van der Waals surface area contributed by atoms with E-state index in [2.05, 4.69) is 15.1 Å². The molecule has 0 spiro atoms. The molecule has 0 saturated heterocycles. The molecule has 0 bridgehead atoms. The van der Waals surface area contributed by atoms with Gasteiger partial charge in [0, 0.05) is 6.20 Å². The van der Waals surface area contributed by atoms with E-state index in [0.29, 0.717) is 0 Å². The molecule has 2 heterocycles. The quantitative estimate of drug-likeness (QED) is 0.621. The summed E-state index contributed by atoms with van der Waals surface area (Å²) in [4.78, 5) is 19.7. The third kappa shape index (κ3) is 2.16. The average molecular weight is 281 g/mol. The summed E-state index contributed by atoms with van der Waals surface area (Å²) in [5.41, 5.74) is 0.718. The van der Waals surface area contributed by atoms with Gasteiger partial charge in [-0.2, -0.15) is 10.1 Å². The number of hydrogen-bond donors (Lipinski definition) is 0. The lowest BCUT2D eigenvalue weighted by Crippen LogP contribution is -2.14. The van der Waals surface area contributed by atoms with E-state index < -0.39 is 0 Å². The number of halogens is 1. The van der Waals surface area contributed by atoms with E-state index in [9.17, 15) is 4.79 Å². The van der Waals surface area contributed by atoms with Crippen LogP contribution in [0.3, 0.4) is 0 Å². The molecular formula is C12H13ClN4O2. The summed E-state index contributed by atoms with van der Waals surface area (Å²) < 4.78 is 6.63. The van der Waals surface area contributed by atoms with Gasteiger partial charge in [-0.15, -0.1) is 0 Å². The SMILES string of the molecule is COC(=O)[C@H]1CC[C@H](n2ncc3cnc(Cl)nc32)C1.